The van der Waals surface area contributed by atoms with Crippen LogP contribution in [0.3, 0.4) is 0 Å². The molecule has 1 aliphatic heterocycles. The zero-order valence-corrected chi connectivity index (χ0v) is 17.6. The predicted molar refractivity (Wildman–Crippen MR) is 107 cm³/mol. The molecule has 6 nitrogen and oxygen atoms in total. The number of rotatable bonds is 6. The quantitative estimate of drug-likeness (QED) is 0.567. The summed E-state index contributed by atoms with van der Waals surface area (Å²) in [7, 11) is 3.13. The Labute approximate surface area is 180 Å². The van der Waals surface area contributed by atoms with Gasteiger partial charge in [-0.3, -0.25) is 4.79 Å². The van der Waals surface area contributed by atoms with Crippen molar-refractivity contribution in [1.29, 1.82) is 0 Å². The lowest BCUT2D eigenvalue weighted by Crippen LogP contribution is -3.00. The van der Waals surface area contributed by atoms with Crippen molar-refractivity contribution in [1.82, 2.24) is 4.57 Å². The van der Waals surface area contributed by atoms with Gasteiger partial charge in [-0.05, 0) is 42.8 Å². The molecule has 4 rings (SSSR count). The number of halogens is 2. The van der Waals surface area contributed by atoms with Crippen LogP contribution in [0.2, 0.25) is 0 Å². The molecule has 8 heteroatoms. The molecule has 3 aromatic rings. The largest absolute Gasteiger partial charge is 1.00 e. The first-order valence-electron chi connectivity index (χ1n) is 9.48. The molecule has 0 aliphatic carbocycles. The Morgan fingerprint density at radius 1 is 1.17 bits per heavy atom. The summed E-state index contributed by atoms with van der Waals surface area (Å²) in [5, 5.41) is 2.91. The number of hydrogen-bond acceptors (Lipinski definition) is 3. The van der Waals surface area contributed by atoms with Crippen LogP contribution < -0.4 is 31.8 Å². The Bertz CT molecular complexity index is 1050. The van der Waals surface area contributed by atoms with Crippen molar-refractivity contribution in [2.24, 2.45) is 0 Å². The second-order valence-corrected chi connectivity index (χ2v) is 6.93. The lowest BCUT2D eigenvalue weighted by Gasteiger charge is -2.11. The maximum atomic E-state index is 13.3. The summed E-state index contributed by atoms with van der Waals surface area (Å²) >= 11 is 0. The van der Waals surface area contributed by atoms with Gasteiger partial charge >= 0.3 is 0 Å². The molecular weight excluding hydrogens is 409 g/mol. The fourth-order valence-corrected chi connectivity index (χ4v) is 3.75. The average molecular weight is 432 g/mol. The summed E-state index contributed by atoms with van der Waals surface area (Å²) in [5.41, 5.74) is 2.49. The Balaban J connectivity index is 0.00000256. The van der Waals surface area contributed by atoms with Crippen molar-refractivity contribution < 1.29 is 35.6 Å². The van der Waals surface area contributed by atoms with Gasteiger partial charge in [-0.25, -0.2) is 13.5 Å². The summed E-state index contributed by atoms with van der Waals surface area (Å²) in [6.07, 6.45) is 3.89. The number of carbonyl (C=O) groups excluding carboxylic acids is 1. The van der Waals surface area contributed by atoms with Crippen molar-refractivity contribution in [3.8, 4) is 22.8 Å². The minimum absolute atomic E-state index is 0. The summed E-state index contributed by atoms with van der Waals surface area (Å²) in [6, 6.07) is 11.7. The second-order valence-electron chi connectivity index (χ2n) is 6.93. The summed E-state index contributed by atoms with van der Waals surface area (Å²) < 4.78 is 28.0. The first-order chi connectivity index (χ1) is 14.1. The molecule has 0 radical (unpaired) electrons. The van der Waals surface area contributed by atoms with Crippen molar-refractivity contribution in [2.45, 2.75) is 25.9 Å². The van der Waals surface area contributed by atoms with E-state index >= 15 is 0 Å². The third-order valence-corrected chi connectivity index (χ3v) is 5.13. The van der Waals surface area contributed by atoms with E-state index in [1.165, 1.54) is 12.1 Å². The Morgan fingerprint density at radius 3 is 2.63 bits per heavy atom. The van der Waals surface area contributed by atoms with Crippen LogP contribution in [0.4, 0.5) is 10.1 Å². The molecule has 2 heterocycles. The van der Waals surface area contributed by atoms with Gasteiger partial charge in [0, 0.05) is 11.6 Å². The van der Waals surface area contributed by atoms with Crippen LogP contribution in [0.15, 0.2) is 48.7 Å². The number of benzene rings is 2. The van der Waals surface area contributed by atoms with Crippen LogP contribution in [0.5, 0.6) is 11.5 Å². The topological polar surface area (TPSA) is 56.4 Å². The van der Waals surface area contributed by atoms with E-state index in [0.717, 1.165) is 36.5 Å². The lowest BCUT2D eigenvalue weighted by atomic mass is 10.1. The number of amides is 1. The zero-order valence-electron chi connectivity index (χ0n) is 16.8. The van der Waals surface area contributed by atoms with Crippen molar-refractivity contribution in [3.05, 3.63) is 60.3 Å². The number of anilines is 1. The molecule has 1 amide bonds. The molecule has 1 aliphatic rings. The Hall–Kier alpha value is -3.06. The summed E-state index contributed by atoms with van der Waals surface area (Å²) in [6.45, 7) is 1.07. The van der Waals surface area contributed by atoms with Gasteiger partial charge in [-0.2, -0.15) is 0 Å². The van der Waals surface area contributed by atoms with Gasteiger partial charge in [0.2, 0.25) is 0 Å². The van der Waals surface area contributed by atoms with E-state index in [0.29, 0.717) is 17.2 Å². The Morgan fingerprint density at radius 2 is 1.93 bits per heavy atom. The molecule has 0 atom stereocenters. The van der Waals surface area contributed by atoms with Gasteiger partial charge in [-0.15, -0.1) is 0 Å². The van der Waals surface area contributed by atoms with E-state index in [-0.39, 0.29) is 30.7 Å². The van der Waals surface area contributed by atoms with E-state index in [2.05, 4.69) is 9.88 Å². The molecule has 0 bridgehead atoms. The van der Waals surface area contributed by atoms with Crippen LogP contribution in [0, 0.1) is 5.82 Å². The number of hydrogen-bond donors (Lipinski definition) is 1. The molecule has 1 N–H and O–H groups in total. The third kappa shape index (κ3) is 4.26. The lowest BCUT2D eigenvalue weighted by molar-refractivity contribution is -0.690. The number of ether oxygens (including phenoxy) is 2. The highest BCUT2D eigenvalue weighted by atomic mass is 35.5. The molecule has 158 valence electrons. The van der Waals surface area contributed by atoms with Crippen LogP contribution >= 0.6 is 0 Å². The Kier molecular flexibility index (Phi) is 6.62. The predicted octanol–water partition coefficient (Wildman–Crippen LogP) is 0.188. The number of nitrogens with zero attached hydrogens (tertiary/aromatic N) is 2. The van der Waals surface area contributed by atoms with E-state index < -0.39 is 0 Å². The average Bonchev–Trinajstić information content (AvgIpc) is 3.32. The molecule has 0 saturated heterocycles. The van der Waals surface area contributed by atoms with Gasteiger partial charge in [0.1, 0.15) is 23.5 Å². The van der Waals surface area contributed by atoms with E-state index in [4.69, 9.17) is 9.47 Å². The van der Waals surface area contributed by atoms with Gasteiger partial charge in [0.25, 0.3) is 11.7 Å². The number of nitrogens with one attached hydrogen (secondary N) is 1. The minimum Gasteiger partial charge on any atom is -1.00 e. The smallest absolute Gasteiger partial charge is 0.266 e. The SMILES string of the molecule is COc1ccc(OC)c(NC(=O)C[n+]2cc(-c3ccc(F)cc3)n3c2CCC3)c1.[Cl-]. The van der Waals surface area contributed by atoms with Crippen molar-refractivity contribution in [3.63, 3.8) is 0 Å². The van der Waals surface area contributed by atoms with Crippen LogP contribution in [0.25, 0.3) is 11.3 Å². The number of aromatic nitrogens is 2. The normalized spacial score (nSPS) is 12.1. The van der Waals surface area contributed by atoms with Gasteiger partial charge in [0.05, 0.1) is 32.9 Å². The zero-order chi connectivity index (χ0) is 20.4. The van der Waals surface area contributed by atoms with Gasteiger partial charge in [0.15, 0.2) is 12.2 Å². The number of methoxy groups -OCH3 is 2. The molecule has 2 aromatic carbocycles. The molecule has 0 saturated carbocycles. The molecule has 0 fully saturated rings. The van der Waals surface area contributed by atoms with Gasteiger partial charge < -0.3 is 27.2 Å². The number of fused-ring (bicyclic) bond motifs is 1. The molecule has 0 unspecified atom stereocenters. The number of imidazole rings is 1. The summed E-state index contributed by atoms with van der Waals surface area (Å²) in [4.78, 5) is 12.8. The summed E-state index contributed by atoms with van der Waals surface area (Å²) in [5.74, 6) is 1.88. The first-order valence-corrected chi connectivity index (χ1v) is 9.48. The second kappa shape index (κ2) is 9.17. The molecule has 30 heavy (non-hydrogen) atoms. The van der Waals surface area contributed by atoms with E-state index in [9.17, 15) is 9.18 Å². The fraction of sp³-hybridized carbons (Fsp3) is 0.273. The van der Waals surface area contributed by atoms with E-state index in [1.54, 1.807) is 44.6 Å². The molecule has 0 spiro atoms. The fourth-order valence-electron chi connectivity index (χ4n) is 3.75. The van der Waals surface area contributed by atoms with E-state index in [1.807, 2.05) is 10.8 Å². The highest BCUT2D eigenvalue weighted by Crippen LogP contribution is 2.29. The number of carbonyl (C=O) groups is 1. The maximum Gasteiger partial charge on any atom is 0.266 e. The highest BCUT2D eigenvalue weighted by Gasteiger charge is 2.29. The van der Waals surface area contributed by atoms with Crippen LogP contribution in [-0.4, -0.2) is 24.7 Å². The maximum absolute atomic E-state index is 13.3. The standard InChI is InChI=1S/C22H22FN3O3.ClH/c1-28-17-9-10-20(29-2)18(12-17)24-21(27)14-25-13-19(26-11-3-4-22(25)26)15-5-7-16(23)8-6-15;/h5-10,12-13H,3-4,11,14H2,1-2H3;1H. The molecule has 1 aromatic heterocycles. The van der Waals surface area contributed by atoms with Crippen LogP contribution in [-0.2, 0) is 24.3 Å². The first kappa shape index (κ1) is 21.6. The van der Waals surface area contributed by atoms with Crippen LogP contribution in [0.1, 0.15) is 12.2 Å². The monoisotopic (exact) mass is 431 g/mol. The van der Waals surface area contributed by atoms with Gasteiger partial charge in [-0.1, -0.05) is 0 Å². The van der Waals surface area contributed by atoms with Crippen molar-refractivity contribution in [2.75, 3.05) is 19.5 Å². The highest BCUT2D eigenvalue weighted by molar-refractivity contribution is 5.91. The minimum atomic E-state index is -0.263. The van der Waals surface area contributed by atoms with Crippen molar-refractivity contribution >= 4 is 11.6 Å². The molecular formula is C22H23ClFN3O3. The third-order valence-electron chi connectivity index (χ3n) is 5.13.